The van der Waals surface area contributed by atoms with E-state index in [0.717, 1.165) is 22.9 Å². The van der Waals surface area contributed by atoms with Crippen LogP contribution in [0.1, 0.15) is 36.5 Å². The first-order valence-electron chi connectivity index (χ1n) is 6.48. The predicted molar refractivity (Wildman–Crippen MR) is 74.1 cm³/mol. The van der Waals surface area contributed by atoms with Crippen LogP contribution in [-0.4, -0.2) is 10.8 Å². The van der Waals surface area contributed by atoms with Gasteiger partial charge < -0.3 is 4.98 Å². The number of halogens is 1. The highest BCUT2D eigenvalue weighted by atomic mass is 35.5. The summed E-state index contributed by atoms with van der Waals surface area (Å²) in [4.78, 5) is 15.7. The van der Waals surface area contributed by atoms with E-state index in [-0.39, 0.29) is 11.7 Å². The van der Waals surface area contributed by atoms with Crippen molar-refractivity contribution < 1.29 is 4.79 Å². The lowest BCUT2D eigenvalue weighted by Gasteiger charge is -2.13. The molecule has 2 atom stereocenters. The zero-order valence-electron chi connectivity index (χ0n) is 10.4. The van der Waals surface area contributed by atoms with E-state index in [1.54, 1.807) is 0 Å². The van der Waals surface area contributed by atoms with Crippen LogP contribution in [0.3, 0.4) is 0 Å². The summed E-state index contributed by atoms with van der Waals surface area (Å²) in [5.74, 6) is 0.957. The number of fused-ring (bicyclic) bond motifs is 1. The largest absolute Gasteiger partial charge is 0.359 e. The first-order valence-corrected chi connectivity index (χ1v) is 6.86. The highest BCUT2D eigenvalue weighted by Gasteiger charge is 2.31. The number of aromatic nitrogens is 1. The van der Waals surface area contributed by atoms with E-state index < -0.39 is 0 Å². The van der Waals surface area contributed by atoms with Gasteiger partial charge in [-0.15, -0.1) is 0 Å². The van der Waals surface area contributed by atoms with Gasteiger partial charge in [0.25, 0.3) is 0 Å². The molecular formula is C15H16ClNO. The standard InChI is InChI=1S/C15H16ClNO/c1-9-4-2-5-10(9)15(18)12-8-17-14-11(12)6-3-7-13(14)16/h3,6-10,17H,2,4-5H2,1H3. The molecule has 18 heavy (non-hydrogen) atoms. The quantitative estimate of drug-likeness (QED) is 0.797. The van der Waals surface area contributed by atoms with Crippen LogP contribution in [0.5, 0.6) is 0 Å². The number of rotatable bonds is 2. The number of hydrogen-bond acceptors (Lipinski definition) is 1. The summed E-state index contributed by atoms with van der Waals surface area (Å²) in [5, 5.41) is 1.62. The summed E-state index contributed by atoms with van der Waals surface area (Å²) >= 11 is 6.12. The summed E-state index contributed by atoms with van der Waals surface area (Å²) in [6.07, 6.45) is 5.16. The average molecular weight is 262 g/mol. The number of benzene rings is 1. The third kappa shape index (κ3) is 1.76. The van der Waals surface area contributed by atoms with Crippen molar-refractivity contribution in [2.24, 2.45) is 11.8 Å². The molecule has 1 aliphatic rings. The Hall–Kier alpha value is -1.28. The van der Waals surface area contributed by atoms with Crippen LogP contribution in [0.2, 0.25) is 5.02 Å². The molecule has 1 saturated carbocycles. The highest BCUT2D eigenvalue weighted by molar-refractivity contribution is 6.35. The lowest BCUT2D eigenvalue weighted by Crippen LogP contribution is -2.16. The van der Waals surface area contributed by atoms with E-state index in [1.165, 1.54) is 12.8 Å². The fourth-order valence-electron chi connectivity index (χ4n) is 3.06. The van der Waals surface area contributed by atoms with Crippen LogP contribution in [0.15, 0.2) is 24.4 Å². The zero-order chi connectivity index (χ0) is 12.7. The molecule has 0 spiro atoms. The number of para-hydroxylation sites is 1. The summed E-state index contributed by atoms with van der Waals surface area (Å²) in [5.41, 5.74) is 1.67. The van der Waals surface area contributed by atoms with Crippen LogP contribution < -0.4 is 0 Å². The van der Waals surface area contributed by atoms with Gasteiger partial charge in [0.1, 0.15) is 0 Å². The van der Waals surface area contributed by atoms with E-state index in [0.29, 0.717) is 10.9 Å². The van der Waals surface area contributed by atoms with Crippen molar-refractivity contribution >= 4 is 28.3 Å². The third-order valence-electron chi connectivity index (χ3n) is 4.13. The second kappa shape index (κ2) is 4.43. The molecule has 2 aromatic rings. The topological polar surface area (TPSA) is 32.9 Å². The molecule has 1 heterocycles. The minimum Gasteiger partial charge on any atom is -0.359 e. The molecule has 1 N–H and O–H groups in total. The molecule has 0 saturated heterocycles. The van der Waals surface area contributed by atoms with Crippen LogP contribution in [0.25, 0.3) is 10.9 Å². The van der Waals surface area contributed by atoms with E-state index in [9.17, 15) is 4.79 Å². The van der Waals surface area contributed by atoms with Crippen molar-refractivity contribution in [1.29, 1.82) is 0 Å². The Bertz CT molecular complexity index is 602. The third-order valence-corrected chi connectivity index (χ3v) is 4.44. The lowest BCUT2D eigenvalue weighted by atomic mass is 9.89. The number of carbonyl (C=O) groups is 1. The Morgan fingerprint density at radius 1 is 1.39 bits per heavy atom. The van der Waals surface area contributed by atoms with Crippen molar-refractivity contribution in [3.05, 3.63) is 35.0 Å². The van der Waals surface area contributed by atoms with Crippen LogP contribution in [0, 0.1) is 11.8 Å². The van der Waals surface area contributed by atoms with Crippen molar-refractivity contribution in [3.8, 4) is 0 Å². The number of H-pyrrole nitrogens is 1. The maximum atomic E-state index is 12.6. The van der Waals surface area contributed by atoms with Crippen molar-refractivity contribution in [2.45, 2.75) is 26.2 Å². The Morgan fingerprint density at radius 3 is 2.94 bits per heavy atom. The lowest BCUT2D eigenvalue weighted by molar-refractivity contribution is 0.0899. The first kappa shape index (κ1) is 11.8. The minimum absolute atomic E-state index is 0.183. The van der Waals surface area contributed by atoms with E-state index in [2.05, 4.69) is 11.9 Å². The van der Waals surface area contributed by atoms with Crippen LogP contribution in [0.4, 0.5) is 0 Å². The number of Topliss-reactive ketones (excluding diaryl/α,β-unsaturated/α-hetero) is 1. The van der Waals surface area contributed by atoms with Crippen molar-refractivity contribution in [2.75, 3.05) is 0 Å². The molecule has 1 aliphatic carbocycles. The Kier molecular flexibility index (Phi) is 2.90. The van der Waals surface area contributed by atoms with Gasteiger partial charge in [0, 0.05) is 23.1 Å². The Balaban J connectivity index is 2.04. The van der Waals surface area contributed by atoms with Gasteiger partial charge in [-0.2, -0.15) is 0 Å². The second-order valence-electron chi connectivity index (χ2n) is 5.24. The van der Waals surface area contributed by atoms with Gasteiger partial charge in [-0.05, 0) is 24.8 Å². The summed E-state index contributed by atoms with van der Waals surface area (Å²) in [6, 6.07) is 5.70. The van der Waals surface area contributed by atoms with Gasteiger partial charge in [0.05, 0.1) is 10.5 Å². The Morgan fingerprint density at radius 2 is 2.22 bits per heavy atom. The van der Waals surface area contributed by atoms with E-state index in [1.807, 2.05) is 24.4 Å². The SMILES string of the molecule is CC1CCCC1C(=O)c1c[nH]c2c(Cl)cccc12. The molecular weight excluding hydrogens is 246 g/mol. The maximum absolute atomic E-state index is 12.6. The average Bonchev–Trinajstić information content (AvgIpc) is 2.95. The summed E-state index contributed by atoms with van der Waals surface area (Å²) < 4.78 is 0. The predicted octanol–water partition coefficient (Wildman–Crippen LogP) is 4.44. The van der Waals surface area contributed by atoms with Gasteiger partial charge in [0.15, 0.2) is 5.78 Å². The number of aromatic amines is 1. The fourth-order valence-corrected chi connectivity index (χ4v) is 3.29. The highest BCUT2D eigenvalue weighted by Crippen LogP contribution is 2.35. The monoisotopic (exact) mass is 261 g/mol. The van der Waals surface area contributed by atoms with Gasteiger partial charge >= 0.3 is 0 Å². The molecule has 94 valence electrons. The van der Waals surface area contributed by atoms with Gasteiger partial charge in [-0.1, -0.05) is 37.1 Å². The molecule has 0 radical (unpaired) electrons. The minimum atomic E-state index is 0.183. The smallest absolute Gasteiger partial charge is 0.168 e. The number of hydrogen-bond donors (Lipinski definition) is 1. The molecule has 0 amide bonds. The molecule has 0 bridgehead atoms. The van der Waals surface area contributed by atoms with E-state index in [4.69, 9.17) is 11.6 Å². The van der Waals surface area contributed by atoms with Gasteiger partial charge in [-0.3, -0.25) is 4.79 Å². The normalized spacial score (nSPS) is 23.7. The van der Waals surface area contributed by atoms with Crippen molar-refractivity contribution in [1.82, 2.24) is 4.98 Å². The zero-order valence-corrected chi connectivity index (χ0v) is 11.1. The number of nitrogens with one attached hydrogen (secondary N) is 1. The number of carbonyl (C=O) groups excluding carboxylic acids is 1. The van der Waals surface area contributed by atoms with Crippen molar-refractivity contribution in [3.63, 3.8) is 0 Å². The van der Waals surface area contributed by atoms with Crippen LogP contribution in [-0.2, 0) is 0 Å². The molecule has 1 aromatic carbocycles. The number of ketones is 1. The summed E-state index contributed by atoms with van der Waals surface area (Å²) in [7, 11) is 0. The molecule has 0 aliphatic heterocycles. The Labute approximate surface area is 111 Å². The van der Waals surface area contributed by atoms with Crippen LogP contribution >= 0.6 is 11.6 Å². The molecule has 3 heteroatoms. The summed E-state index contributed by atoms with van der Waals surface area (Å²) in [6.45, 7) is 2.18. The second-order valence-corrected chi connectivity index (χ2v) is 5.65. The first-order chi connectivity index (χ1) is 8.68. The molecule has 2 nitrogen and oxygen atoms in total. The molecule has 1 fully saturated rings. The van der Waals surface area contributed by atoms with E-state index >= 15 is 0 Å². The fraction of sp³-hybridized carbons (Fsp3) is 0.400. The molecule has 1 aromatic heterocycles. The molecule has 2 unspecified atom stereocenters. The maximum Gasteiger partial charge on any atom is 0.168 e. The van der Waals surface area contributed by atoms with Gasteiger partial charge in [0.2, 0.25) is 0 Å². The van der Waals surface area contributed by atoms with Gasteiger partial charge in [-0.25, -0.2) is 0 Å². The molecule has 3 rings (SSSR count).